The Morgan fingerprint density at radius 3 is 2.70 bits per heavy atom. The van der Waals surface area contributed by atoms with Crippen molar-refractivity contribution in [3.05, 3.63) is 73.6 Å². The van der Waals surface area contributed by atoms with E-state index in [9.17, 15) is 14.4 Å². The first-order chi connectivity index (χ1) is 14.4. The zero-order valence-electron chi connectivity index (χ0n) is 16.5. The Morgan fingerprint density at radius 2 is 1.97 bits per heavy atom. The average molecular weight is 426 g/mol. The van der Waals surface area contributed by atoms with Gasteiger partial charge < -0.3 is 13.9 Å². The number of nitrogens with zero attached hydrogens (tertiary/aromatic N) is 1. The van der Waals surface area contributed by atoms with Crippen molar-refractivity contribution in [2.45, 2.75) is 13.5 Å². The van der Waals surface area contributed by atoms with Crippen LogP contribution in [0.15, 0.2) is 49.7 Å². The Hall–Kier alpha value is -3.59. The molecule has 8 nitrogen and oxygen atoms in total. The summed E-state index contributed by atoms with van der Waals surface area (Å²) in [4.78, 5) is 40.6. The lowest BCUT2D eigenvalue weighted by Gasteiger charge is -2.09. The van der Waals surface area contributed by atoms with E-state index < -0.39 is 17.2 Å². The molecule has 0 aliphatic carbocycles. The summed E-state index contributed by atoms with van der Waals surface area (Å²) < 4.78 is 16.5. The van der Waals surface area contributed by atoms with Crippen LogP contribution >= 0.6 is 11.3 Å². The fourth-order valence-electron chi connectivity index (χ4n) is 3.26. The first-order valence-corrected chi connectivity index (χ1v) is 9.87. The van der Waals surface area contributed by atoms with Gasteiger partial charge in [-0.25, -0.2) is 9.59 Å². The summed E-state index contributed by atoms with van der Waals surface area (Å²) in [6.45, 7) is 1.83. The molecule has 0 bridgehead atoms. The van der Waals surface area contributed by atoms with E-state index in [1.54, 1.807) is 7.11 Å². The van der Waals surface area contributed by atoms with Crippen LogP contribution in [0.1, 0.15) is 21.9 Å². The van der Waals surface area contributed by atoms with Crippen LogP contribution in [0.4, 0.5) is 0 Å². The maximum atomic E-state index is 13.3. The fourth-order valence-corrected chi connectivity index (χ4v) is 4.20. The van der Waals surface area contributed by atoms with Gasteiger partial charge in [-0.2, -0.15) is 0 Å². The van der Waals surface area contributed by atoms with E-state index in [0.717, 1.165) is 15.7 Å². The number of nitrogens with one attached hydrogen (secondary N) is 1. The molecular formula is C21H18N2O6S. The Kier molecular flexibility index (Phi) is 5.04. The molecule has 9 heteroatoms. The highest BCUT2D eigenvalue weighted by Gasteiger charge is 2.19. The number of benzene rings is 1. The lowest BCUT2D eigenvalue weighted by molar-refractivity contribution is 0.0563. The zero-order chi connectivity index (χ0) is 21.4. The molecular weight excluding hydrogens is 408 g/mol. The van der Waals surface area contributed by atoms with E-state index >= 15 is 0 Å². The predicted molar refractivity (Wildman–Crippen MR) is 113 cm³/mol. The minimum Gasteiger partial charge on any atom is -0.496 e. The number of rotatable bonds is 5. The van der Waals surface area contributed by atoms with Gasteiger partial charge in [-0.15, -0.1) is 11.3 Å². The number of hydrogen-bond acceptors (Lipinski definition) is 7. The molecule has 0 saturated heterocycles. The van der Waals surface area contributed by atoms with E-state index in [4.69, 9.17) is 9.15 Å². The van der Waals surface area contributed by atoms with Crippen LogP contribution in [0, 0.1) is 6.92 Å². The molecule has 30 heavy (non-hydrogen) atoms. The van der Waals surface area contributed by atoms with Crippen LogP contribution in [0.3, 0.4) is 0 Å². The molecule has 0 spiro atoms. The summed E-state index contributed by atoms with van der Waals surface area (Å²) in [6, 6.07) is 8.67. The van der Waals surface area contributed by atoms with Gasteiger partial charge in [0.05, 0.1) is 26.2 Å². The van der Waals surface area contributed by atoms with Gasteiger partial charge in [0.1, 0.15) is 16.3 Å². The van der Waals surface area contributed by atoms with Gasteiger partial charge in [-0.05, 0) is 31.2 Å². The first-order valence-electron chi connectivity index (χ1n) is 8.99. The molecule has 0 saturated carbocycles. The van der Waals surface area contributed by atoms with Crippen LogP contribution in [-0.2, 0) is 11.3 Å². The second-order valence-electron chi connectivity index (χ2n) is 6.64. The molecule has 0 aliphatic rings. The number of methoxy groups -OCH3 is 2. The molecule has 3 heterocycles. The number of hydrogen-bond donors (Lipinski definition) is 1. The van der Waals surface area contributed by atoms with Crippen molar-refractivity contribution in [3.8, 4) is 16.9 Å². The second kappa shape index (κ2) is 7.68. The SMILES string of the molecule is COC(=O)c1ccc(Cn2c(=O)[nH]c3scc(-c4cc(C)ccc4OC)c3c2=O)o1. The van der Waals surface area contributed by atoms with Gasteiger partial charge in [0.15, 0.2) is 0 Å². The number of furan rings is 1. The minimum absolute atomic E-state index is 0.00113. The molecule has 0 amide bonds. The predicted octanol–water partition coefficient (Wildman–Crippen LogP) is 3.16. The van der Waals surface area contributed by atoms with E-state index in [0.29, 0.717) is 21.5 Å². The molecule has 3 aromatic heterocycles. The van der Waals surface area contributed by atoms with Crippen molar-refractivity contribution in [2.75, 3.05) is 14.2 Å². The van der Waals surface area contributed by atoms with Crippen molar-refractivity contribution in [3.63, 3.8) is 0 Å². The van der Waals surface area contributed by atoms with Gasteiger partial charge in [0.2, 0.25) is 5.76 Å². The highest BCUT2D eigenvalue weighted by atomic mass is 32.1. The third kappa shape index (κ3) is 3.33. The second-order valence-corrected chi connectivity index (χ2v) is 7.52. The summed E-state index contributed by atoms with van der Waals surface area (Å²) in [7, 11) is 2.81. The van der Waals surface area contributed by atoms with Crippen molar-refractivity contribution in [1.29, 1.82) is 0 Å². The molecule has 1 aromatic carbocycles. The topological polar surface area (TPSA) is 104 Å². The Labute approximate surface area is 174 Å². The zero-order valence-corrected chi connectivity index (χ0v) is 17.3. The van der Waals surface area contributed by atoms with Gasteiger partial charge >= 0.3 is 11.7 Å². The third-order valence-electron chi connectivity index (χ3n) is 4.72. The van der Waals surface area contributed by atoms with Gasteiger partial charge in [-0.3, -0.25) is 14.3 Å². The Morgan fingerprint density at radius 1 is 1.17 bits per heavy atom. The quantitative estimate of drug-likeness (QED) is 0.492. The number of H-pyrrole nitrogens is 1. The standard InChI is InChI=1S/C21H18N2O6S/c1-11-4-6-15(27-2)13(8-11)14-10-30-18-17(14)19(24)23(21(26)22-18)9-12-5-7-16(29-12)20(25)28-3/h4-8,10H,9H2,1-3H3,(H,22,26). The van der Waals surface area contributed by atoms with Crippen LogP contribution in [0.5, 0.6) is 5.75 Å². The molecule has 4 rings (SSSR count). The lowest BCUT2D eigenvalue weighted by Crippen LogP contribution is -2.35. The van der Waals surface area contributed by atoms with Gasteiger partial charge in [0, 0.05) is 16.5 Å². The van der Waals surface area contributed by atoms with Crippen LogP contribution < -0.4 is 16.0 Å². The van der Waals surface area contributed by atoms with E-state index in [1.165, 1.54) is 30.6 Å². The summed E-state index contributed by atoms with van der Waals surface area (Å²) in [5, 5.41) is 2.22. The highest BCUT2D eigenvalue weighted by molar-refractivity contribution is 7.17. The Balaban J connectivity index is 1.86. The molecule has 1 N–H and O–H groups in total. The van der Waals surface area contributed by atoms with Crippen LogP contribution in [0.2, 0.25) is 0 Å². The summed E-state index contributed by atoms with van der Waals surface area (Å²) >= 11 is 1.28. The van der Waals surface area contributed by atoms with Gasteiger partial charge in [0.25, 0.3) is 5.56 Å². The third-order valence-corrected chi connectivity index (χ3v) is 5.62. The molecule has 0 atom stereocenters. The molecule has 0 radical (unpaired) electrons. The number of esters is 1. The number of carbonyl (C=O) groups is 1. The van der Waals surface area contributed by atoms with E-state index in [-0.39, 0.29) is 18.1 Å². The number of fused-ring (bicyclic) bond motifs is 1. The Bertz CT molecular complexity index is 1370. The van der Waals surface area contributed by atoms with Crippen LogP contribution in [0.25, 0.3) is 21.3 Å². The van der Waals surface area contributed by atoms with Crippen molar-refractivity contribution in [1.82, 2.24) is 9.55 Å². The molecule has 4 aromatic rings. The smallest absolute Gasteiger partial charge is 0.373 e. The monoisotopic (exact) mass is 426 g/mol. The van der Waals surface area contributed by atoms with Crippen molar-refractivity contribution in [2.24, 2.45) is 0 Å². The number of aromatic nitrogens is 2. The summed E-state index contributed by atoms with van der Waals surface area (Å²) in [5.74, 6) is 0.280. The highest BCUT2D eigenvalue weighted by Crippen LogP contribution is 2.36. The fraction of sp³-hybridized carbons (Fsp3) is 0.190. The maximum Gasteiger partial charge on any atom is 0.373 e. The van der Waals surface area contributed by atoms with Gasteiger partial charge in [-0.1, -0.05) is 11.6 Å². The number of thiophene rings is 1. The van der Waals surface area contributed by atoms with Crippen molar-refractivity contribution < 1.29 is 18.7 Å². The first kappa shape index (κ1) is 19.7. The number of aryl methyl sites for hydroxylation is 1. The molecule has 0 aliphatic heterocycles. The minimum atomic E-state index is -0.635. The van der Waals surface area contributed by atoms with E-state index in [1.807, 2.05) is 30.5 Å². The number of carbonyl (C=O) groups excluding carboxylic acids is 1. The number of aromatic amines is 1. The summed E-state index contributed by atoms with van der Waals surface area (Å²) in [5.41, 5.74) is 1.45. The summed E-state index contributed by atoms with van der Waals surface area (Å²) in [6.07, 6.45) is 0. The van der Waals surface area contributed by atoms with E-state index in [2.05, 4.69) is 9.72 Å². The van der Waals surface area contributed by atoms with Crippen molar-refractivity contribution >= 4 is 27.5 Å². The molecule has 0 unspecified atom stereocenters. The molecule has 0 fully saturated rings. The number of ether oxygens (including phenoxy) is 2. The normalized spacial score (nSPS) is 11.0. The van der Waals surface area contributed by atoms with Crippen LogP contribution in [-0.4, -0.2) is 29.7 Å². The maximum absolute atomic E-state index is 13.3. The largest absolute Gasteiger partial charge is 0.496 e. The average Bonchev–Trinajstić information content (AvgIpc) is 3.37. The lowest BCUT2D eigenvalue weighted by atomic mass is 10.0. The molecule has 154 valence electrons.